The van der Waals surface area contributed by atoms with Crippen molar-refractivity contribution < 1.29 is 4.79 Å². The van der Waals surface area contributed by atoms with Crippen molar-refractivity contribution >= 4 is 34.8 Å². The van der Waals surface area contributed by atoms with Crippen molar-refractivity contribution in [2.45, 2.75) is 26.3 Å². The number of benzene rings is 1. The minimum atomic E-state index is -0.209. The Morgan fingerprint density at radius 1 is 1.47 bits per heavy atom. The summed E-state index contributed by atoms with van der Waals surface area (Å²) in [5.41, 5.74) is 0.823. The van der Waals surface area contributed by atoms with E-state index in [1.165, 1.54) is 4.57 Å². The first-order chi connectivity index (χ1) is 9.13. The smallest absolute Gasteiger partial charge is 0.257 e. The molecule has 1 N–H and O–H groups in total. The molecule has 0 amide bonds. The minimum Gasteiger partial charge on any atom is -0.359 e. The van der Waals surface area contributed by atoms with Crippen molar-refractivity contribution in [2.24, 2.45) is 5.92 Å². The first kappa shape index (κ1) is 12.3. The lowest BCUT2D eigenvalue weighted by molar-refractivity contribution is 0.0882. The molecule has 0 aliphatic carbocycles. The molecule has 5 heteroatoms. The fourth-order valence-corrected chi connectivity index (χ4v) is 2.74. The summed E-state index contributed by atoms with van der Waals surface area (Å²) in [6.07, 6.45) is 0.941. The van der Waals surface area contributed by atoms with Crippen molar-refractivity contribution in [1.82, 2.24) is 9.55 Å². The van der Waals surface area contributed by atoms with Crippen LogP contribution in [0.2, 0.25) is 0 Å². The van der Waals surface area contributed by atoms with Gasteiger partial charge in [0.1, 0.15) is 11.9 Å². The molecule has 0 saturated carbocycles. The molecule has 3 rings (SSSR count). The standard InChI is InChI=1S/C14H15N3OS/c1-3-8(2)11-13(18)17-12(16-11)9-6-4-5-7-10(9)15-14(17)19/h4-8,11,16H,3H2,1-2H3/t8-,11+/m1/s1. The number of rotatable bonds is 2. The summed E-state index contributed by atoms with van der Waals surface area (Å²) >= 11 is 5.25. The first-order valence-electron chi connectivity index (χ1n) is 6.46. The number of carbonyl (C=O) groups excluding carboxylic acids is 1. The van der Waals surface area contributed by atoms with Gasteiger partial charge in [-0.3, -0.25) is 4.79 Å². The monoisotopic (exact) mass is 273 g/mol. The number of carbonyl (C=O) groups is 1. The Morgan fingerprint density at radius 2 is 2.21 bits per heavy atom. The number of hydrogen-bond acceptors (Lipinski definition) is 4. The predicted octanol–water partition coefficient (Wildman–Crippen LogP) is 3.25. The van der Waals surface area contributed by atoms with Gasteiger partial charge in [-0.2, -0.15) is 0 Å². The predicted molar refractivity (Wildman–Crippen MR) is 78.1 cm³/mol. The van der Waals surface area contributed by atoms with E-state index >= 15 is 0 Å². The quantitative estimate of drug-likeness (QED) is 0.853. The van der Waals surface area contributed by atoms with E-state index in [1.807, 2.05) is 24.3 Å². The van der Waals surface area contributed by atoms with E-state index in [0.717, 1.165) is 23.1 Å². The molecule has 19 heavy (non-hydrogen) atoms. The van der Waals surface area contributed by atoms with Gasteiger partial charge in [-0.15, -0.1) is 0 Å². The second-order valence-corrected chi connectivity index (χ2v) is 5.31. The van der Waals surface area contributed by atoms with Crippen LogP contribution in [0.25, 0.3) is 10.9 Å². The van der Waals surface area contributed by atoms with Gasteiger partial charge < -0.3 is 5.32 Å². The zero-order chi connectivity index (χ0) is 13.6. The van der Waals surface area contributed by atoms with Gasteiger partial charge in [-0.05, 0) is 30.3 Å². The SMILES string of the molecule is CC[C@@H](C)[C@@H]1Nc2c3ccccc3nc(=S)n2C1=O. The van der Waals surface area contributed by atoms with E-state index in [0.29, 0.717) is 4.77 Å². The molecule has 1 aliphatic rings. The minimum absolute atomic E-state index is 0.00704. The van der Waals surface area contributed by atoms with Gasteiger partial charge in [0.15, 0.2) is 0 Å². The third-order valence-electron chi connectivity index (χ3n) is 3.78. The number of nitrogens with one attached hydrogen (secondary N) is 1. The van der Waals surface area contributed by atoms with Crippen LogP contribution in [0, 0.1) is 10.7 Å². The van der Waals surface area contributed by atoms with E-state index in [2.05, 4.69) is 24.1 Å². The number of fused-ring (bicyclic) bond motifs is 3. The Bertz CT molecular complexity index is 722. The fourth-order valence-electron chi connectivity index (χ4n) is 2.46. The van der Waals surface area contributed by atoms with Crippen LogP contribution in [0.1, 0.15) is 25.1 Å². The van der Waals surface area contributed by atoms with Crippen molar-refractivity contribution in [3.05, 3.63) is 29.0 Å². The Balaban J connectivity index is 2.24. The van der Waals surface area contributed by atoms with Crippen LogP contribution in [0.15, 0.2) is 24.3 Å². The third kappa shape index (κ3) is 1.76. The van der Waals surface area contributed by atoms with Gasteiger partial charge in [0.25, 0.3) is 5.91 Å². The molecule has 4 nitrogen and oxygen atoms in total. The highest BCUT2D eigenvalue weighted by Gasteiger charge is 2.34. The van der Waals surface area contributed by atoms with Crippen LogP contribution < -0.4 is 5.32 Å². The molecule has 0 spiro atoms. The molecule has 2 atom stereocenters. The topological polar surface area (TPSA) is 46.9 Å². The summed E-state index contributed by atoms with van der Waals surface area (Å²) in [6, 6.07) is 7.52. The van der Waals surface area contributed by atoms with Crippen molar-refractivity contribution in [2.75, 3.05) is 5.32 Å². The molecule has 0 saturated heterocycles. The Hall–Kier alpha value is -1.75. The molecule has 2 aromatic rings. The van der Waals surface area contributed by atoms with Gasteiger partial charge in [0, 0.05) is 5.39 Å². The highest BCUT2D eigenvalue weighted by atomic mass is 32.1. The van der Waals surface area contributed by atoms with E-state index in [9.17, 15) is 4.79 Å². The molecule has 0 unspecified atom stereocenters. The molecule has 1 aromatic carbocycles. The number of para-hydroxylation sites is 1. The van der Waals surface area contributed by atoms with Crippen LogP contribution in [-0.2, 0) is 0 Å². The average Bonchev–Trinajstić information content (AvgIpc) is 2.77. The van der Waals surface area contributed by atoms with Gasteiger partial charge in [-0.1, -0.05) is 32.4 Å². The van der Waals surface area contributed by atoms with E-state index in [4.69, 9.17) is 12.2 Å². The second-order valence-electron chi connectivity index (χ2n) is 4.94. The fraction of sp³-hybridized carbons (Fsp3) is 0.357. The summed E-state index contributed by atoms with van der Waals surface area (Å²) in [4.78, 5) is 16.8. The Labute approximate surface area is 116 Å². The van der Waals surface area contributed by atoms with Crippen LogP contribution in [0.5, 0.6) is 0 Å². The lowest BCUT2D eigenvalue weighted by atomic mass is 9.99. The molecule has 98 valence electrons. The molecule has 0 radical (unpaired) electrons. The maximum absolute atomic E-state index is 12.5. The van der Waals surface area contributed by atoms with Crippen LogP contribution >= 0.6 is 12.2 Å². The number of aromatic nitrogens is 2. The Morgan fingerprint density at radius 3 is 2.95 bits per heavy atom. The van der Waals surface area contributed by atoms with Crippen molar-refractivity contribution in [3.63, 3.8) is 0 Å². The molecule has 1 aliphatic heterocycles. The summed E-state index contributed by atoms with van der Waals surface area (Å²) in [5.74, 6) is 1.05. The highest BCUT2D eigenvalue weighted by molar-refractivity contribution is 7.71. The molecule has 1 aromatic heterocycles. The van der Waals surface area contributed by atoms with Gasteiger partial charge in [0.05, 0.1) is 5.52 Å². The average molecular weight is 273 g/mol. The first-order valence-corrected chi connectivity index (χ1v) is 6.87. The summed E-state index contributed by atoms with van der Waals surface area (Å²) < 4.78 is 1.87. The Kier molecular flexibility index (Phi) is 2.86. The zero-order valence-corrected chi connectivity index (χ0v) is 11.7. The van der Waals surface area contributed by atoms with Crippen LogP contribution in [0.3, 0.4) is 0 Å². The lowest BCUT2D eigenvalue weighted by Gasteiger charge is -2.15. The van der Waals surface area contributed by atoms with E-state index < -0.39 is 0 Å². The number of anilines is 1. The summed E-state index contributed by atoms with van der Waals surface area (Å²) in [5, 5.41) is 4.27. The maximum Gasteiger partial charge on any atom is 0.257 e. The maximum atomic E-state index is 12.5. The van der Waals surface area contributed by atoms with E-state index in [-0.39, 0.29) is 17.9 Å². The second kappa shape index (κ2) is 4.42. The molecule has 2 heterocycles. The van der Waals surface area contributed by atoms with Crippen LogP contribution in [0.4, 0.5) is 5.82 Å². The van der Waals surface area contributed by atoms with Crippen molar-refractivity contribution in [3.8, 4) is 0 Å². The highest BCUT2D eigenvalue weighted by Crippen LogP contribution is 2.30. The largest absolute Gasteiger partial charge is 0.359 e. The van der Waals surface area contributed by atoms with Gasteiger partial charge in [-0.25, -0.2) is 9.55 Å². The number of nitrogens with zero attached hydrogens (tertiary/aromatic N) is 2. The van der Waals surface area contributed by atoms with Crippen molar-refractivity contribution in [1.29, 1.82) is 0 Å². The van der Waals surface area contributed by atoms with E-state index in [1.54, 1.807) is 0 Å². The zero-order valence-electron chi connectivity index (χ0n) is 10.9. The normalized spacial score (nSPS) is 19.3. The lowest BCUT2D eigenvalue weighted by Crippen LogP contribution is -2.31. The molecular weight excluding hydrogens is 258 g/mol. The molecule has 0 bridgehead atoms. The van der Waals surface area contributed by atoms with Gasteiger partial charge in [0.2, 0.25) is 4.77 Å². The summed E-state index contributed by atoms with van der Waals surface area (Å²) in [7, 11) is 0. The number of hydrogen-bond donors (Lipinski definition) is 1. The molecule has 0 fully saturated rings. The van der Waals surface area contributed by atoms with Gasteiger partial charge >= 0.3 is 0 Å². The third-order valence-corrected chi connectivity index (χ3v) is 4.06. The molecular formula is C14H15N3OS. The van der Waals surface area contributed by atoms with Crippen LogP contribution in [-0.4, -0.2) is 21.5 Å². The summed E-state index contributed by atoms with van der Waals surface area (Å²) in [6.45, 7) is 4.15.